The fraction of sp³-hybridized carbons (Fsp3) is 0.743. The van der Waals surface area contributed by atoms with Crippen molar-refractivity contribution in [3.05, 3.63) is 49.1 Å². The molecule has 3 aliphatic carbocycles. The highest BCUT2D eigenvalue weighted by Crippen LogP contribution is 2.24. The molecule has 0 aromatic carbocycles. The Morgan fingerprint density at radius 1 is 0.409 bits per heavy atom. The molecule has 0 radical (unpaired) electrons. The fourth-order valence-electron chi connectivity index (χ4n) is 8.71. The Hall–Kier alpha value is -6.44. The molecule has 0 atom stereocenters. The van der Waals surface area contributed by atoms with E-state index in [4.69, 9.17) is 68.2 Å². The minimum atomic E-state index is -3.62. The highest BCUT2D eigenvalue weighted by atomic mass is 32.2. The van der Waals surface area contributed by atoms with Gasteiger partial charge in [0.1, 0.15) is 53.9 Å². The number of ether oxygens (including phenoxy) is 9. The number of aliphatic hydroxyl groups excluding tert-OH is 3. The van der Waals surface area contributed by atoms with Gasteiger partial charge in [0, 0.05) is 40.1 Å². The molecule has 0 aromatic rings. The third kappa shape index (κ3) is 73.1. The first-order valence-electron chi connectivity index (χ1n) is 36.2. The van der Waals surface area contributed by atoms with Gasteiger partial charge in [0.25, 0.3) is 0 Å². The lowest BCUT2D eigenvalue weighted by Gasteiger charge is -2.21. The number of thioether (sulfide) groups is 1. The minimum Gasteiger partial charge on any atom is -0.481 e. The number of hydrogen-bond acceptors (Lipinski definition) is 31. The number of carbonyl (C=O) groups is 11. The van der Waals surface area contributed by atoms with Crippen LogP contribution in [-0.2, 0) is 125 Å². The van der Waals surface area contributed by atoms with Gasteiger partial charge in [-0.2, -0.15) is 24.4 Å². The summed E-state index contributed by atoms with van der Waals surface area (Å²) < 4.78 is 115. The van der Waals surface area contributed by atoms with Crippen molar-refractivity contribution in [3.63, 3.8) is 0 Å². The Kier molecular flexibility index (Phi) is 59.2. The van der Waals surface area contributed by atoms with E-state index < -0.39 is 148 Å². The lowest BCUT2D eigenvalue weighted by atomic mass is 9.98. The van der Waals surface area contributed by atoms with E-state index in [2.05, 4.69) is 38.9 Å². The molecule has 110 heavy (non-hydrogen) atoms. The van der Waals surface area contributed by atoms with Crippen LogP contribution in [0.15, 0.2) is 49.1 Å². The predicted molar refractivity (Wildman–Crippen MR) is 418 cm³/mol. The molecule has 0 aromatic heterocycles. The summed E-state index contributed by atoms with van der Waals surface area (Å²) in [5.74, 6) is -7.76. The van der Waals surface area contributed by atoms with Crippen LogP contribution in [0.1, 0.15) is 224 Å². The van der Waals surface area contributed by atoms with Crippen molar-refractivity contribution in [1.29, 1.82) is 0 Å². The number of thiol groups is 1. The van der Waals surface area contributed by atoms with E-state index in [1.165, 1.54) is 6.42 Å². The molecule has 5 N–H and O–H groups in total. The van der Waals surface area contributed by atoms with E-state index in [1.807, 2.05) is 41.5 Å². The maximum atomic E-state index is 12.0. The summed E-state index contributed by atoms with van der Waals surface area (Å²) in [5.41, 5.74) is -2.38. The Labute approximate surface area is 661 Å². The molecule has 0 amide bonds. The molecular formula is C74H126O31S5. The average molecular weight is 1670 g/mol. The molecule has 31 nitrogen and oxygen atoms in total. The number of esters is 9. The summed E-state index contributed by atoms with van der Waals surface area (Å²) in [5, 5.41) is 41.7. The number of aliphatic carboxylic acids is 2. The monoisotopic (exact) mass is 1670 g/mol. The van der Waals surface area contributed by atoms with Crippen LogP contribution in [0, 0.1) is 0 Å². The lowest BCUT2D eigenvalue weighted by Crippen LogP contribution is -2.26. The third-order valence-corrected chi connectivity index (χ3v) is 19.7. The second kappa shape index (κ2) is 59.3. The van der Waals surface area contributed by atoms with Crippen LogP contribution in [-0.4, -0.2) is 242 Å². The van der Waals surface area contributed by atoms with Gasteiger partial charge in [-0.3, -0.25) is 33.6 Å². The molecule has 0 spiro atoms. The van der Waals surface area contributed by atoms with Crippen LogP contribution in [0.4, 0.5) is 0 Å². The first-order valence-corrected chi connectivity index (χ1v) is 43.4. The predicted octanol–water partition coefficient (Wildman–Crippen LogP) is 8.62. The van der Waals surface area contributed by atoms with Gasteiger partial charge in [-0.15, -0.1) is 0 Å². The van der Waals surface area contributed by atoms with Gasteiger partial charge in [-0.1, -0.05) is 45.6 Å². The molecular weight excluding hydrogens is 1550 g/mol. The van der Waals surface area contributed by atoms with Crippen molar-refractivity contribution in [3.8, 4) is 0 Å². The fourth-order valence-corrected chi connectivity index (χ4v) is 12.4. The van der Waals surface area contributed by atoms with Crippen LogP contribution in [0.5, 0.6) is 0 Å². The van der Waals surface area contributed by atoms with Crippen molar-refractivity contribution in [2.45, 2.75) is 265 Å². The van der Waals surface area contributed by atoms with Crippen LogP contribution < -0.4 is 0 Å². The number of rotatable bonds is 36. The maximum absolute atomic E-state index is 12.0. The van der Waals surface area contributed by atoms with E-state index in [-0.39, 0.29) is 110 Å². The highest BCUT2D eigenvalue weighted by Gasteiger charge is 2.27. The number of hydrogen-bond donors (Lipinski definition) is 6. The molecule has 0 unspecified atom stereocenters. The van der Waals surface area contributed by atoms with Gasteiger partial charge >= 0.3 is 65.7 Å². The molecule has 3 rings (SSSR count). The Morgan fingerprint density at radius 2 is 0.709 bits per heavy atom. The summed E-state index contributed by atoms with van der Waals surface area (Å²) >= 11 is 5.23. The van der Waals surface area contributed by atoms with Crippen molar-refractivity contribution >= 4 is 120 Å². The third-order valence-electron chi connectivity index (χ3n) is 13.6. The lowest BCUT2D eigenvalue weighted by molar-refractivity contribution is -0.155. The molecule has 638 valence electrons. The number of carbonyl (C=O) groups excluding carboxylic acids is 9. The zero-order valence-electron chi connectivity index (χ0n) is 66.5. The molecule has 3 saturated carbocycles. The van der Waals surface area contributed by atoms with E-state index in [1.54, 1.807) is 53.3 Å². The second-order valence-electron chi connectivity index (χ2n) is 29.0. The average Bonchev–Trinajstić information content (AvgIpc) is 0.915. The molecule has 3 fully saturated rings. The van der Waals surface area contributed by atoms with Crippen LogP contribution in [0.2, 0.25) is 0 Å². The largest absolute Gasteiger partial charge is 0.481 e. The van der Waals surface area contributed by atoms with E-state index in [9.17, 15) is 78.0 Å². The van der Waals surface area contributed by atoms with Gasteiger partial charge in [0.15, 0.2) is 29.5 Å². The van der Waals surface area contributed by atoms with Gasteiger partial charge in [-0.25, -0.2) is 44.4 Å². The maximum Gasteiger partial charge on any atom is 0.334 e. The zero-order valence-corrected chi connectivity index (χ0v) is 70.7. The van der Waals surface area contributed by atoms with E-state index in [0.29, 0.717) is 17.9 Å². The van der Waals surface area contributed by atoms with Gasteiger partial charge < -0.3 is 68.2 Å². The Bertz CT molecular complexity index is 3190. The van der Waals surface area contributed by atoms with E-state index >= 15 is 0 Å². The second-order valence-corrected chi connectivity index (χ2v) is 37.6. The Morgan fingerprint density at radius 3 is 0.973 bits per heavy atom. The topological polar surface area (TPSA) is 474 Å². The minimum absolute atomic E-state index is 0.0205. The number of carboxylic acids is 2. The molecule has 3 aliphatic rings. The SMILES string of the molecule is C=C(CC(=O)OC1CCCCC1)C(=O)O.C=C(CC(=O)OC1CCCCC1)C(=O)OCCS(=O)(=O)CCC(=O)O.C=C(CC(=O)OC1CCCCC1)C(=O)OCCS(=O)(=O)CCC(=O)OC(C)(C)C.C=CC(=O)OC(C)(C)C.CC(C)(C)OC(=O)CCS(=O)(=O)CCO.CC(C)(C)OC(=O)CCSCCO.OCCS. The molecule has 0 saturated heterocycles. The van der Waals surface area contributed by atoms with Gasteiger partial charge in [0.2, 0.25) is 0 Å². The van der Waals surface area contributed by atoms with Crippen LogP contribution in [0.3, 0.4) is 0 Å². The van der Waals surface area contributed by atoms with Gasteiger partial charge in [-0.05, 0) is 160 Å². The molecule has 0 aliphatic heterocycles. The summed E-state index contributed by atoms with van der Waals surface area (Å²) in [7, 11) is -10.5. The van der Waals surface area contributed by atoms with Gasteiger partial charge in [0.05, 0.1) is 99.3 Å². The number of sulfone groups is 3. The molecule has 0 heterocycles. The van der Waals surface area contributed by atoms with Crippen LogP contribution >= 0.6 is 24.4 Å². The normalized spacial score (nSPS) is 14.1. The van der Waals surface area contributed by atoms with Crippen molar-refractivity contribution < 1.29 is 146 Å². The standard InChI is InChI=1S/C20H32O8S.C16H24O8S.C11H16O4.C9H18O5S.C9H18O3S.C7H12O2.C2H6OS/c1-15(14-18(22)27-16-8-6-5-7-9-16)19(23)26-11-13-29(24,25)12-10-17(21)28-20(2,3)4;1-12(11-15(19)24-13-5-3-2-4-6-13)16(20)23-8-10-25(21,22)9-7-14(17)18;1-8(11(13)14)7-10(12)15-9-5-3-2-4-6-9;1-9(2,3)14-8(11)4-6-15(12,13)7-5-10;1-9(2,3)12-8(11)4-6-13-7-5-10;1-5-6(8)9-7(2,3)4;3-1-2-4/h16H,1,5-14H2,2-4H3;13H,1-11H2,(H,17,18);9H,1-7H2,(H,13,14);10H,4-7H2,1-3H3;10H,4-7H2,1-3H3;5H,1H2,2-4H3;3-4H,1-2H2. The number of aliphatic hydroxyl groups is 3. The van der Waals surface area contributed by atoms with E-state index in [0.717, 1.165) is 102 Å². The summed E-state index contributed by atoms with van der Waals surface area (Å²) in [6.45, 7) is 33.9. The summed E-state index contributed by atoms with van der Waals surface area (Å²) in [4.78, 5) is 124. The molecule has 0 bridgehead atoms. The zero-order chi connectivity index (χ0) is 85.5. The van der Waals surface area contributed by atoms with Crippen LogP contribution in [0.25, 0.3) is 0 Å². The quantitative estimate of drug-likeness (QED) is 0.0112. The first kappa shape index (κ1) is 110. The summed E-state index contributed by atoms with van der Waals surface area (Å²) in [6, 6.07) is 0. The first-order chi connectivity index (χ1) is 50.6. The Balaban J connectivity index is -0.000000630. The number of carboxylic acid groups (broad SMARTS) is 2. The van der Waals surface area contributed by atoms with Crippen molar-refractivity contribution in [1.82, 2.24) is 0 Å². The van der Waals surface area contributed by atoms with Crippen molar-refractivity contribution in [2.24, 2.45) is 0 Å². The molecule has 36 heteroatoms. The summed E-state index contributed by atoms with van der Waals surface area (Å²) in [6.07, 6.45) is 14.3. The smallest absolute Gasteiger partial charge is 0.334 e. The van der Waals surface area contributed by atoms with Crippen molar-refractivity contribution in [2.75, 3.05) is 84.8 Å². The highest BCUT2D eigenvalue weighted by molar-refractivity contribution is 7.99.